The molecule has 5 heteroatoms. The van der Waals surface area contributed by atoms with E-state index in [1.807, 2.05) is 30.2 Å². The third kappa shape index (κ3) is 2.92. The maximum Gasteiger partial charge on any atom is 0.136 e. The van der Waals surface area contributed by atoms with E-state index < -0.39 is 0 Å². The van der Waals surface area contributed by atoms with Crippen LogP contribution in [0.15, 0.2) is 18.5 Å². The van der Waals surface area contributed by atoms with E-state index in [0.29, 0.717) is 0 Å². The standard InChI is InChI=1S/C14H21N5/c1-6-19-9-10(8-16-19)11-7-12(15-5)18-13(17-11)14(2,3)4/h7-9H,6H2,1-5H3,(H,15,17,18). The van der Waals surface area contributed by atoms with E-state index in [2.05, 4.69) is 48.1 Å². The quantitative estimate of drug-likeness (QED) is 0.920. The highest BCUT2D eigenvalue weighted by molar-refractivity contribution is 5.61. The van der Waals surface area contributed by atoms with Crippen molar-refractivity contribution in [1.82, 2.24) is 19.7 Å². The van der Waals surface area contributed by atoms with Gasteiger partial charge >= 0.3 is 0 Å². The lowest BCUT2D eigenvalue weighted by Gasteiger charge is -2.18. The molecule has 102 valence electrons. The molecule has 0 unspecified atom stereocenters. The molecule has 0 spiro atoms. The lowest BCUT2D eigenvalue weighted by atomic mass is 9.95. The van der Waals surface area contributed by atoms with Crippen LogP contribution in [0.4, 0.5) is 5.82 Å². The van der Waals surface area contributed by atoms with E-state index in [1.165, 1.54) is 0 Å². The number of nitrogens with zero attached hydrogens (tertiary/aromatic N) is 4. The molecule has 0 radical (unpaired) electrons. The van der Waals surface area contributed by atoms with Gasteiger partial charge in [0.1, 0.15) is 11.6 Å². The van der Waals surface area contributed by atoms with E-state index in [1.54, 1.807) is 0 Å². The average molecular weight is 259 g/mol. The number of rotatable bonds is 3. The fourth-order valence-electron chi connectivity index (χ4n) is 1.73. The number of hydrogen-bond acceptors (Lipinski definition) is 4. The Morgan fingerprint density at radius 3 is 2.53 bits per heavy atom. The minimum atomic E-state index is -0.0810. The van der Waals surface area contributed by atoms with Gasteiger partial charge in [-0.2, -0.15) is 5.10 Å². The topological polar surface area (TPSA) is 55.6 Å². The Morgan fingerprint density at radius 1 is 1.26 bits per heavy atom. The average Bonchev–Trinajstić information content (AvgIpc) is 2.86. The van der Waals surface area contributed by atoms with Crippen LogP contribution in [0.2, 0.25) is 0 Å². The Labute approximate surface area is 114 Å². The zero-order valence-electron chi connectivity index (χ0n) is 12.2. The zero-order chi connectivity index (χ0) is 14.0. The summed E-state index contributed by atoms with van der Waals surface area (Å²) in [4.78, 5) is 9.19. The highest BCUT2D eigenvalue weighted by Crippen LogP contribution is 2.25. The normalized spacial score (nSPS) is 11.6. The lowest BCUT2D eigenvalue weighted by Crippen LogP contribution is -2.17. The smallest absolute Gasteiger partial charge is 0.136 e. The van der Waals surface area contributed by atoms with Crippen molar-refractivity contribution in [2.75, 3.05) is 12.4 Å². The second-order valence-corrected chi connectivity index (χ2v) is 5.55. The van der Waals surface area contributed by atoms with Gasteiger partial charge in [0.2, 0.25) is 0 Å². The molecule has 0 atom stereocenters. The van der Waals surface area contributed by atoms with Crippen LogP contribution < -0.4 is 5.32 Å². The van der Waals surface area contributed by atoms with Crippen molar-refractivity contribution in [2.24, 2.45) is 0 Å². The Bertz CT molecular complexity index is 565. The van der Waals surface area contributed by atoms with Crippen LogP contribution in [0, 0.1) is 0 Å². The maximum absolute atomic E-state index is 4.67. The van der Waals surface area contributed by atoms with Crippen LogP contribution in [0.5, 0.6) is 0 Å². The first-order chi connectivity index (χ1) is 8.94. The number of hydrogen-bond donors (Lipinski definition) is 1. The molecule has 0 aliphatic rings. The van der Waals surface area contributed by atoms with Crippen molar-refractivity contribution in [2.45, 2.75) is 39.7 Å². The fraction of sp³-hybridized carbons (Fsp3) is 0.500. The third-order valence-electron chi connectivity index (χ3n) is 2.91. The molecule has 2 aromatic rings. The van der Waals surface area contributed by atoms with Crippen LogP contribution in [0.3, 0.4) is 0 Å². The van der Waals surface area contributed by atoms with Gasteiger partial charge in [0.05, 0.1) is 11.9 Å². The SMILES string of the molecule is CCn1cc(-c2cc(NC)nc(C(C)(C)C)n2)cn1. The van der Waals surface area contributed by atoms with E-state index in [0.717, 1.165) is 29.4 Å². The Morgan fingerprint density at radius 2 is 2.00 bits per heavy atom. The summed E-state index contributed by atoms with van der Waals surface area (Å²) < 4.78 is 1.90. The molecule has 0 saturated heterocycles. The van der Waals surface area contributed by atoms with Crippen LogP contribution in [0.1, 0.15) is 33.5 Å². The van der Waals surface area contributed by atoms with Gasteiger partial charge in [-0.25, -0.2) is 9.97 Å². The van der Waals surface area contributed by atoms with Crippen molar-refractivity contribution < 1.29 is 0 Å². The number of anilines is 1. The highest BCUT2D eigenvalue weighted by Gasteiger charge is 2.19. The van der Waals surface area contributed by atoms with Crippen molar-refractivity contribution in [3.05, 3.63) is 24.3 Å². The monoisotopic (exact) mass is 259 g/mol. The van der Waals surface area contributed by atoms with E-state index in [4.69, 9.17) is 0 Å². The molecule has 5 nitrogen and oxygen atoms in total. The van der Waals surface area contributed by atoms with Crippen LogP contribution in [-0.4, -0.2) is 26.8 Å². The summed E-state index contributed by atoms with van der Waals surface area (Å²) in [5, 5.41) is 7.39. The first-order valence-electron chi connectivity index (χ1n) is 6.54. The zero-order valence-corrected chi connectivity index (χ0v) is 12.2. The number of aryl methyl sites for hydroxylation is 1. The first-order valence-corrected chi connectivity index (χ1v) is 6.54. The second-order valence-electron chi connectivity index (χ2n) is 5.55. The molecule has 2 rings (SSSR count). The molecule has 2 heterocycles. The molecule has 0 aromatic carbocycles. The van der Waals surface area contributed by atoms with E-state index >= 15 is 0 Å². The summed E-state index contributed by atoms with van der Waals surface area (Å²) in [5.74, 6) is 1.66. The van der Waals surface area contributed by atoms with Gasteiger partial charge in [0, 0.05) is 36.8 Å². The fourth-order valence-corrected chi connectivity index (χ4v) is 1.73. The van der Waals surface area contributed by atoms with Crippen LogP contribution >= 0.6 is 0 Å². The second kappa shape index (κ2) is 4.99. The molecule has 19 heavy (non-hydrogen) atoms. The molecular formula is C14H21N5. The summed E-state index contributed by atoms with van der Waals surface area (Å²) in [6.45, 7) is 9.26. The van der Waals surface area contributed by atoms with Crippen LogP contribution in [-0.2, 0) is 12.0 Å². The molecule has 2 aromatic heterocycles. The van der Waals surface area contributed by atoms with Crippen molar-refractivity contribution in [3.63, 3.8) is 0 Å². The Balaban J connectivity index is 2.50. The first kappa shape index (κ1) is 13.5. The predicted molar refractivity (Wildman–Crippen MR) is 77.2 cm³/mol. The van der Waals surface area contributed by atoms with Crippen molar-refractivity contribution in [1.29, 1.82) is 0 Å². The molecule has 0 fully saturated rings. The molecule has 0 aliphatic carbocycles. The van der Waals surface area contributed by atoms with Crippen molar-refractivity contribution >= 4 is 5.82 Å². The van der Waals surface area contributed by atoms with Gasteiger partial charge in [0.25, 0.3) is 0 Å². The number of aromatic nitrogens is 4. The minimum Gasteiger partial charge on any atom is -0.373 e. The van der Waals surface area contributed by atoms with Gasteiger partial charge in [-0.1, -0.05) is 20.8 Å². The van der Waals surface area contributed by atoms with Gasteiger partial charge < -0.3 is 5.32 Å². The Hall–Kier alpha value is -1.91. The molecule has 0 amide bonds. The van der Waals surface area contributed by atoms with E-state index in [-0.39, 0.29) is 5.41 Å². The molecule has 0 bridgehead atoms. The highest BCUT2D eigenvalue weighted by atomic mass is 15.3. The lowest BCUT2D eigenvalue weighted by molar-refractivity contribution is 0.547. The third-order valence-corrected chi connectivity index (χ3v) is 2.91. The summed E-state index contributed by atoms with van der Waals surface area (Å²) >= 11 is 0. The largest absolute Gasteiger partial charge is 0.373 e. The minimum absolute atomic E-state index is 0.0810. The molecule has 0 saturated carbocycles. The predicted octanol–water partition coefficient (Wildman–Crippen LogP) is 2.70. The van der Waals surface area contributed by atoms with Crippen LogP contribution in [0.25, 0.3) is 11.3 Å². The number of nitrogens with one attached hydrogen (secondary N) is 1. The summed E-state index contributed by atoms with van der Waals surface area (Å²) in [6.07, 6.45) is 3.85. The molecule has 0 aliphatic heterocycles. The van der Waals surface area contributed by atoms with Gasteiger partial charge in [0.15, 0.2) is 0 Å². The molecular weight excluding hydrogens is 238 g/mol. The maximum atomic E-state index is 4.67. The van der Waals surface area contributed by atoms with Gasteiger partial charge in [-0.3, -0.25) is 4.68 Å². The Kier molecular flexibility index (Phi) is 3.55. The van der Waals surface area contributed by atoms with Crippen molar-refractivity contribution in [3.8, 4) is 11.3 Å². The van der Waals surface area contributed by atoms with Gasteiger partial charge in [-0.05, 0) is 6.92 Å². The van der Waals surface area contributed by atoms with Gasteiger partial charge in [-0.15, -0.1) is 0 Å². The molecule has 1 N–H and O–H groups in total. The summed E-state index contributed by atoms with van der Waals surface area (Å²) in [6, 6.07) is 1.95. The summed E-state index contributed by atoms with van der Waals surface area (Å²) in [7, 11) is 1.87. The van der Waals surface area contributed by atoms with E-state index in [9.17, 15) is 0 Å². The summed E-state index contributed by atoms with van der Waals surface area (Å²) in [5.41, 5.74) is 1.85.